The standard InChI is InChI=1S/C7H12N2O/c1-4(2)6-7(10)9-5(3)8-6/h4,6,8H,3H2,1-2H3,(H,9,10). The first-order valence-electron chi connectivity index (χ1n) is 3.37. The van der Waals surface area contributed by atoms with Gasteiger partial charge in [-0.1, -0.05) is 20.4 Å². The Morgan fingerprint density at radius 3 is 2.40 bits per heavy atom. The van der Waals surface area contributed by atoms with Crippen molar-refractivity contribution in [3.63, 3.8) is 0 Å². The summed E-state index contributed by atoms with van der Waals surface area (Å²) in [5.74, 6) is 0.961. The number of hydrogen-bond donors (Lipinski definition) is 2. The Balaban J connectivity index is 2.63. The van der Waals surface area contributed by atoms with E-state index in [1.165, 1.54) is 0 Å². The molecule has 1 amide bonds. The quantitative estimate of drug-likeness (QED) is 0.546. The number of amides is 1. The van der Waals surface area contributed by atoms with Gasteiger partial charge in [0, 0.05) is 0 Å². The third kappa shape index (κ3) is 1.12. The Kier molecular flexibility index (Phi) is 1.66. The van der Waals surface area contributed by atoms with Crippen LogP contribution in [-0.4, -0.2) is 11.9 Å². The highest BCUT2D eigenvalue weighted by Crippen LogP contribution is 2.07. The van der Waals surface area contributed by atoms with Crippen molar-refractivity contribution in [2.24, 2.45) is 5.92 Å². The first-order chi connectivity index (χ1) is 4.61. The highest BCUT2D eigenvalue weighted by Gasteiger charge is 2.28. The van der Waals surface area contributed by atoms with Gasteiger partial charge >= 0.3 is 0 Å². The predicted octanol–water partition coefficient (Wildman–Crippen LogP) is 0.202. The van der Waals surface area contributed by atoms with Crippen molar-refractivity contribution < 1.29 is 4.79 Å². The van der Waals surface area contributed by atoms with E-state index in [2.05, 4.69) is 17.2 Å². The molecule has 0 aliphatic carbocycles. The third-order valence-corrected chi connectivity index (χ3v) is 1.55. The smallest absolute Gasteiger partial charge is 0.248 e. The van der Waals surface area contributed by atoms with Crippen molar-refractivity contribution in [3.05, 3.63) is 12.4 Å². The van der Waals surface area contributed by atoms with Gasteiger partial charge in [0.15, 0.2) is 0 Å². The molecule has 0 radical (unpaired) electrons. The van der Waals surface area contributed by atoms with E-state index in [1.54, 1.807) is 0 Å². The molecule has 1 aliphatic rings. The van der Waals surface area contributed by atoms with Gasteiger partial charge in [-0.05, 0) is 5.92 Å². The van der Waals surface area contributed by atoms with Crippen LogP contribution in [0.3, 0.4) is 0 Å². The van der Waals surface area contributed by atoms with Gasteiger partial charge in [0.2, 0.25) is 5.91 Å². The van der Waals surface area contributed by atoms with Crippen molar-refractivity contribution in [1.29, 1.82) is 0 Å². The number of nitrogens with one attached hydrogen (secondary N) is 2. The molecule has 1 fully saturated rings. The van der Waals surface area contributed by atoms with E-state index < -0.39 is 0 Å². The van der Waals surface area contributed by atoms with Gasteiger partial charge in [0.25, 0.3) is 0 Å². The minimum atomic E-state index is -0.0903. The summed E-state index contributed by atoms with van der Waals surface area (Å²) < 4.78 is 0. The predicted molar refractivity (Wildman–Crippen MR) is 39.0 cm³/mol. The molecule has 3 heteroatoms. The molecule has 1 heterocycles. The summed E-state index contributed by atoms with van der Waals surface area (Å²) in [6.45, 7) is 7.59. The lowest BCUT2D eigenvalue weighted by molar-refractivity contribution is -0.121. The van der Waals surface area contributed by atoms with Crippen LogP contribution in [0.5, 0.6) is 0 Å². The van der Waals surface area contributed by atoms with Gasteiger partial charge < -0.3 is 10.6 Å². The van der Waals surface area contributed by atoms with Gasteiger partial charge in [-0.25, -0.2) is 0 Å². The van der Waals surface area contributed by atoms with E-state index in [9.17, 15) is 4.79 Å². The molecule has 1 unspecified atom stereocenters. The summed E-state index contributed by atoms with van der Waals surface area (Å²) in [7, 11) is 0. The molecular formula is C7H12N2O. The van der Waals surface area contributed by atoms with Crippen LogP contribution in [0.25, 0.3) is 0 Å². The summed E-state index contributed by atoms with van der Waals surface area (Å²) in [4.78, 5) is 11.0. The molecule has 3 nitrogen and oxygen atoms in total. The average molecular weight is 140 g/mol. The van der Waals surface area contributed by atoms with E-state index in [0.29, 0.717) is 11.7 Å². The molecule has 0 saturated carbocycles. The Labute approximate surface area is 60.5 Å². The first kappa shape index (κ1) is 7.12. The molecule has 10 heavy (non-hydrogen) atoms. The second-order valence-electron chi connectivity index (χ2n) is 2.83. The highest BCUT2D eigenvalue weighted by molar-refractivity contribution is 5.86. The molecule has 1 aliphatic heterocycles. The molecule has 0 aromatic heterocycles. The number of carbonyl (C=O) groups is 1. The Morgan fingerprint density at radius 2 is 2.20 bits per heavy atom. The zero-order valence-electron chi connectivity index (χ0n) is 6.27. The lowest BCUT2D eigenvalue weighted by atomic mass is 10.1. The van der Waals surface area contributed by atoms with E-state index in [-0.39, 0.29) is 11.9 Å². The van der Waals surface area contributed by atoms with Crippen molar-refractivity contribution in [1.82, 2.24) is 10.6 Å². The SMILES string of the molecule is C=C1NC(=O)C(C(C)C)N1. The monoisotopic (exact) mass is 140 g/mol. The van der Waals surface area contributed by atoms with E-state index in [1.807, 2.05) is 13.8 Å². The van der Waals surface area contributed by atoms with E-state index in [4.69, 9.17) is 0 Å². The summed E-state index contributed by atoms with van der Waals surface area (Å²) in [5.41, 5.74) is 0. The van der Waals surface area contributed by atoms with E-state index in [0.717, 1.165) is 0 Å². The van der Waals surface area contributed by atoms with Crippen molar-refractivity contribution in [2.75, 3.05) is 0 Å². The van der Waals surface area contributed by atoms with E-state index >= 15 is 0 Å². The second-order valence-corrected chi connectivity index (χ2v) is 2.83. The van der Waals surface area contributed by atoms with Gasteiger partial charge in [-0.15, -0.1) is 0 Å². The summed E-state index contributed by atoms with van der Waals surface area (Å²) in [6.07, 6.45) is 0. The van der Waals surface area contributed by atoms with Crippen LogP contribution in [0.15, 0.2) is 12.4 Å². The molecule has 1 saturated heterocycles. The molecule has 1 atom stereocenters. The second kappa shape index (κ2) is 2.33. The fraction of sp³-hybridized carbons (Fsp3) is 0.571. The lowest BCUT2D eigenvalue weighted by Crippen LogP contribution is -2.33. The molecule has 0 aromatic rings. The number of hydrogen-bond acceptors (Lipinski definition) is 2. The first-order valence-corrected chi connectivity index (χ1v) is 3.37. The molecule has 0 spiro atoms. The average Bonchev–Trinajstić information content (AvgIpc) is 2.10. The molecule has 1 rings (SSSR count). The van der Waals surface area contributed by atoms with Crippen LogP contribution in [0.4, 0.5) is 0 Å². The van der Waals surface area contributed by atoms with Gasteiger partial charge in [-0.3, -0.25) is 4.79 Å². The molecule has 2 N–H and O–H groups in total. The molecule has 0 aromatic carbocycles. The van der Waals surface area contributed by atoms with Crippen molar-refractivity contribution >= 4 is 5.91 Å². The van der Waals surface area contributed by atoms with Gasteiger partial charge in [0.05, 0.1) is 5.82 Å². The Bertz CT molecular complexity index is 174. The maximum atomic E-state index is 11.0. The van der Waals surface area contributed by atoms with Crippen LogP contribution in [0, 0.1) is 5.92 Å². The minimum absolute atomic E-state index is 0.0278. The summed E-state index contributed by atoms with van der Waals surface area (Å²) in [5, 5.41) is 5.55. The third-order valence-electron chi connectivity index (χ3n) is 1.55. The fourth-order valence-electron chi connectivity index (χ4n) is 0.985. The van der Waals surface area contributed by atoms with Crippen LogP contribution in [0.1, 0.15) is 13.8 Å². The highest BCUT2D eigenvalue weighted by atomic mass is 16.2. The lowest BCUT2D eigenvalue weighted by Gasteiger charge is -2.10. The largest absolute Gasteiger partial charge is 0.360 e. The Hall–Kier alpha value is -0.990. The topological polar surface area (TPSA) is 41.1 Å². The van der Waals surface area contributed by atoms with Crippen LogP contribution in [0.2, 0.25) is 0 Å². The summed E-state index contributed by atoms with van der Waals surface area (Å²) >= 11 is 0. The fourth-order valence-corrected chi connectivity index (χ4v) is 0.985. The maximum absolute atomic E-state index is 11.0. The van der Waals surface area contributed by atoms with Crippen molar-refractivity contribution in [2.45, 2.75) is 19.9 Å². The van der Waals surface area contributed by atoms with Crippen LogP contribution in [-0.2, 0) is 4.79 Å². The zero-order chi connectivity index (χ0) is 7.72. The normalized spacial score (nSPS) is 24.9. The van der Waals surface area contributed by atoms with Crippen LogP contribution >= 0.6 is 0 Å². The van der Waals surface area contributed by atoms with Gasteiger partial charge in [0.1, 0.15) is 6.04 Å². The zero-order valence-corrected chi connectivity index (χ0v) is 6.27. The van der Waals surface area contributed by atoms with Crippen molar-refractivity contribution in [3.8, 4) is 0 Å². The summed E-state index contributed by atoms with van der Waals surface area (Å²) in [6, 6.07) is -0.0903. The molecule has 56 valence electrons. The Morgan fingerprint density at radius 1 is 1.60 bits per heavy atom. The van der Waals surface area contributed by atoms with Crippen LogP contribution < -0.4 is 10.6 Å². The molecule has 0 bridgehead atoms. The number of carbonyl (C=O) groups excluding carboxylic acids is 1. The minimum Gasteiger partial charge on any atom is -0.360 e. The van der Waals surface area contributed by atoms with Gasteiger partial charge in [-0.2, -0.15) is 0 Å². The molecular weight excluding hydrogens is 128 g/mol. The maximum Gasteiger partial charge on any atom is 0.248 e. The number of rotatable bonds is 1.